The Kier molecular flexibility index (Phi) is 8.25. The van der Waals surface area contributed by atoms with Crippen molar-refractivity contribution >= 4 is 29.9 Å². The van der Waals surface area contributed by atoms with Crippen molar-refractivity contribution in [2.75, 3.05) is 7.05 Å². The molecule has 2 N–H and O–H groups in total. The highest BCUT2D eigenvalue weighted by atomic mass is 127. The minimum absolute atomic E-state index is 0. The normalized spacial score (nSPS) is 11.0. The van der Waals surface area contributed by atoms with Crippen molar-refractivity contribution in [2.45, 2.75) is 26.6 Å². The van der Waals surface area contributed by atoms with Crippen LogP contribution in [0.15, 0.2) is 66.2 Å². The highest BCUT2D eigenvalue weighted by Crippen LogP contribution is 2.07. The maximum Gasteiger partial charge on any atom is 0.191 e. The largest absolute Gasteiger partial charge is 0.352 e. The molecule has 0 atom stereocenters. The third-order valence-corrected chi connectivity index (χ3v) is 4.19. The molecule has 0 spiro atoms. The summed E-state index contributed by atoms with van der Waals surface area (Å²) in [5.74, 6) is 0.787. The number of nitrogens with one attached hydrogen (secondary N) is 2. The van der Waals surface area contributed by atoms with E-state index in [-0.39, 0.29) is 24.0 Å². The van der Waals surface area contributed by atoms with E-state index in [0.717, 1.165) is 12.5 Å². The number of nitrogens with zero attached hydrogens (tertiary/aromatic N) is 4. The van der Waals surface area contributed by atoms with Crippen molar-refractivity contribution in [3.05, 3.63) is 83.4 Å². The molecule has 0 bridgehead atoms. The van der Waals surface area contributed by atoms with E-state index in [4.69, 9.17) is 0 Å². The van der Waals surface area contributed by atoms with Gasteiger partial charge < -0.3 is 10.6 Å². The van der Waals surface area contributed by atoms with E-state index in [9.17, 15) is 0 Å². The van der Waals surface area contributed by atoms with Gasteiger partial charge in [-0.3, -0.25) is 4.99 Å². The molecule has 3 aromatic rings. The predicted molar refractivity (Wildman–Crippen MR) is 119 cm³/mol. The lowest BCUT2D eigenvalue weighted by Gasteiger charge is -2.13. The van der Waals surface area contributed by atoms with Crippen LogP contribution in [-0.4, -0.2) is 27.8 Å². The molecular formula is C20H25IN6. The van der Waals surface area contributed by atoms with Gasteiger partial charge in [0.15, 0.2) is 5.96 Å². The third kappa shape index (κ3) is 6.35. The first kappa shape index (κ1) is 20.9. The Morgan fingerprint density at radius 3 is 2.56 bits per heavy atom. The van der Waals surface area contributed by atoms with Gasteiger partial charge in [-0.25, -0.2) is 9.67 Å². The van der Waals surface area contributed by atoms with Crippen molar-refractivity contribution in [1.82, 2.24) is 25.4 Å². The molecule has 0 saturated carbocycles. The molecule has 0 aliphatic carbocycles. The first-order valence-electron chi connectivity index (χ1n) is 8.64. The summed E-state index contributed by atoms with van der Waals surface area (Å²) >= 11 is 0. The van der Waals surface area contributed by atoms with Crippen LogP contribution < -0.4 is 10.6 Å². The number of halogens is 1. The molecule has 0 unspecified atom stereocenters. The Bertz CT molecular complexity index is 860. The Labute approximate surface area is 177 Å². The summed E-state index contributed by atoms with van der Waals surface area (Å²) in [7, 11) is 1.79. The summed E-state index contributed by atoms with van der Waals surface area (Å²) in [5.41, 5.74) is 4.93. The van der Waals surface area contributed by atoms with Gasteiger partial charge in [-0.05, 0) is 29.2 Å². The summed E-state index contributed by atoms with van der Waals surface area (Å²) in [5, 5.41) is 10.9. The van der Waals surface area contributed by atoms with Crippen molar-refractivity contribution in [3.8, 4) is 0 Å². The SMILES string of the molecule is CN=C(NCc1cccc(Cn2cncn2)c1)NCc1ccccc1C.I. The van der Waals surface area contributed by atoms with Gasteiger partial charge in [-0.15, -0.1) is 24.0 Å². The average Bonchev–Trinajstić information content (AvgIpc) is 3.16. The monoisotopic (exact) mass is 476 g/mol. The number of rotatable bonds is 6. The van der Waals surface area contributed by atoms with Crippen molar-refractivity contribution in [2.24, 2.45) is 4.99 Å². The fourth-order valence-corrected chi connectivity index (χ4v) is 2.73. The molecular weight excluding hydrogens is 451 g/mol. The lowest BCUT2D eigenvalue weighted by molar-refractivity contribution is 0.683. The Hall–Kier alpha value is -2.42. The van der Waals surface area contributed by atoms with Crippen LogP contribution in [0.3, 0.4) is 0 Å². The van der Waals surface area contributed by atoms with Gasteiger partial charge in [-0.1, -0.05) is 48.5 Å². The molecule has 0 radical (unpaired) electrons. The molecule has 0 fully saturated rings. The number of aryl methyl sites for hydroxylation is 1. The molecule has 27 heavy (non-hydrogen) atoms. The van der Waals surface area contributed by atoms with Crippen LogP contribution in [0.2, 0.25) is 0 Å². The molecule has 1 aromatic heterocycles. The average molecular weight is 476 g/mol. The predicted octanol–water partition coefficient (Wildman–Crippen LogP) is 3.12. The lowest BCUT2D eigenvalue weighted by Crippen LogP contribution is -2.36. The Morgan fingerprint density at radius 2 is 1.81 bits per heavy atom. The smallest absolute Gasteiger partial charge is 0.191 e. The quantitative estimate of drug-likeness (QED) is 0.326. The Morgan fingerprint density at radius 1 is 1.04 bits per heavy atom. The summed E-state index contributed by atoms with van der Waals surface area (Å²) in [6.45, 7) is 4.29. The second-order valence-electron chi connectivity index (χ2n) is 6.12. The van der Waals surface area contributed by atoms with Gasteiger partial charge in [0, 0.05) is 20.1 Å². The topological polar surface area (TPSA) is 67.1 Å². The van der Waals surface area contributed by atoms with E-state index in [1.165, 1.54) is 22.3 Å². The van der Waals surface area contributed by atoms with E-state index in [1.54, 1.807) is 19.7 Å². The molecule has 3 rings (SSSR count). The van der Waals surface area contributed by atoms with Gasteiger partial charge >= 0.3 is 0 Å². The van der Waals surface area contributed by atoms with Crippen LogP contribution in [0.1, 0.15) is 22.3 Å². The maximum atomic E-state index is 4.30. The standard InChI is InChI=1S/C20H24N6.HI/c1-16-6-3-4-9-19(16)12-24-20(21-2)23-11-17-7-5-8-18(10-17)13-26-15-22-14-25-26;/h3-10,14-15H,11-13H2,1-2H3,(H2,21,23,24);1H. The summed E-state index contributed by atoms with van der Waals surface area (Å²) < 4.78 is 1.81. The number of aromatic nitrogens is 3. The molecule has 0 amide bonds. The third-order valence-electron chi connectivity index (χ3n) is 4.19. The first-order chi connectivity index (χ1) is 12.7. The number of guanidine groups is 1. The van der Waals surface area contributed by atoms with Crippen LogP contribution in [0.4, 0.5) is 0 Å². The molecule has 2 aromatic carbocycles. The van der Waals surface area contributed by atoms with Gasteiger partial charge in [0.25, 0.3) is 0 Å². The van der Waals surface area contributed by atoms with Gasteiger partial charge in [0.05, 0.1) is 6.54 Å². The fraction of sp³-hybridized carbons (Fsp3) is 0.250. The maximum absolute atomic E-state index is 4.30. The van der Waals surface area contributed by atoms with Crippen LogP contribution in [-0.2, 0) is 19.6 Å². The summed E-state index contributed by atoms with van der Waals surface area (Å²) in [6, 6.07) is 16.8. The van der Waals surface area contributed by atoms with Crippen molar-refractivity contribution in [1.29, 1.82) is 0 Å². The van der Waals surface area contributed by atoms with Gasteiger partial charge in [-0.2, -0.15) is 5.10 Å². The highest BCUT2D eigenvalue weighted by Gasteiger charge is 2.02. The molecule has 1 heterocycles. The zero-order chi connectivity index (χ0) is 18.2. The van der Waals surface area contributed by atoms with Gasteiger partial charge in [0.2, 0.25) is 0 Å². The molecule has 0 aliphatic heterocycles. The molecule has 0 saturated heterocycles. The molecule has 7 heteroatoms. The van der Waals surface area contributed by atoms with E-state index < -0.39 is 0 Å². The number of hydrogen-bond acceptors (Lipinski definition) is 3. The number of hydrogen-bond donors (Lipinski definition) is 2. The second kappa shape index (κ2) is 10.7. The fourth-order valence-electron chi connectivity index (χ4n) is 2.73. The van der Waals surface area contributed by atoms with Crippen LogP contribution in [0.25, 0.3) is 0 Å². The zero-order valence-electron chi connectivity index (χ0n) is 15.6. The first-order valence-corrected chi connectivity index (χ1v) is 8.64. The van der Waals surface area contributed by atoms with Crippen LogP contribution in [0, 0.1) is 6.92 Å². The summed E-state index contributed by atoms with van der Waals surface area (Å²) in [6.07, 6.45) is 3.28. The van der Waals surface area contributed by atoms with Crippen LogP contribution in [0.5, 0.6) is 0 Å². The van der Waals surface area contributed by atoms with E-state index in [2.05, 4.69) is 81.2 Å². The lowest BCUT2D eigenvalue weighted by atomic mass is 10.1. The number of aliphatic imine (C=N–C) groups is 1. The molecule has 142 valence electrons. The second-order valence-corrected chi connectivity index (χ2v) is 6.12. The minimum Gasteiger partial charge on any atom is -0.352 e. The van der Waals surface area contributed by atoms with Crippen molar-refractivity contribution < 1.29 is 0 Å². The van der Waals surface area contributed by atoms with Crippen molar-refractivity contribution in [3.63, 3.8) is 0 Å². The van der Waals surface area contributed by atoms with E-state index in [1.807, 2.05) is 4.68 Å². The van der Waals surface area contributed by atoms with E-state index in [0.29, 0.717) is 13.1 Å². The summed E-state index contributed by atoms with van der Waals surface area (Å²) in [4.78, 5) is 8.28. The Balaban J connectivity index is 0.00000261. The highest BCUT2D eigenvalue weighted by molar-refractivity contribution is 14.0. The number of benzene rings is 2. The molecule has 6 nitrogen and oxygen atoms in total. The zero-order valence-corrected chi connectivity index (χ0v) is 17.9. The van der Waals surface area contributed by atoms with Gasteiger partial charge in [0.1, 0.15) is 12.7 Å². The van der Waals surface area contributed by atoms with Crippen LogP contribution >= 0.6 is 24.0 Å². The minimum atomic E-state index is 0. The molecule has 0 aliphatic rings. The van der Waals surface area contributed by atoms with E-state index >= 15 is 0 Å².